The van der Waals surface area contributed by atoms with Crippen molar-refractivity contribution in [3.63, 3.8) is 0 Å². The molecule has 74 valence electrons. The minimum atomic E-state index is -4.01. The van der Waals surface area contributed by atoms with E-state index in [1.165, 1.54) is 0 Å². The van der Waals surface area contributed by atoms with Crippen molar-refractivity contribution in [2.45, 2.75) is 14.4 Å². The number of halogens is 3. The van der Waals surface area contributed by atoms with E-state index < -0.39 is 13.0 Å². The summed E-state index contributed by atoms with van der Waals surface area (Å²) in [7, 11) is -4.01. The van der Waals surface area contributed by atoms with Gasteiger partial charge in [-0.3, -0.25) is 0 Å². The Kier molecular flexibility index (Phi) is 3.09. The van der Waals surface area contributed by atoms with Gasteiger partial charge in [-0.25, -0.2) is 8.42 Å². The minimum absolute atomic E-state index is 0.287. The number of aryl methyl sites for hydroxylation is 1. The maximum atomic E-state index is 11.4. The number of nitrogens with zero attached hydrogens (tertiary/aromatic N) is 2. The number of hydrogen-bond acceptors (Lipinski definition) is 5. The molecule has 0 aliphatic rings. The summed E-state index contributed by atoms with van der Waals surface area (Å²) in [5.74, 6) is 0. The first kappa shape index (κ1) is 11.5. The van der Waals surface area contributed by atoms with E-state index in [9.17, 15) is 8.42 Å². The van der Waals surface area contributed by atoms with Crippen LogP contribution in [0.2, 0.25) is 0 Å². The van der Waals surface area contributed by atoms with Gasteiger partial charge < -0.3 is 0 Å². The van der Waals surface area contributed by atoms with Crippen LogP contribution in [0.3, 0.4) is 0 Å². The van der Waals surface area contributed by atoms with Gasteiger partial charge in [0.1, 0.15) is 5.01 Å². The molecule has 0 N–H and O–H groups in total. The Labute approximate surface area is 93.7 Å². The van der Waals surface area contributed by atoms with Crippen molar-refractivity contribution in [2.24, 2.45) is 0 Å². The summed E-state index contributed by atoms with van der Waals surface area (Å²) in [4.78, 5) is 0. The average molecular weight is 282 g/mol. The van der Waals surface area contributed by atoms with Crippen LogP contribution in [0.4, 0.5) is 0 Å². The van der Waals surface area contributed by atoms with Crippen LogP contribution >= 0.6 is 46.1 Å². The van der Waals surface area contributed by atoms with Crippen molar-refractivity contribution in [1.29, 1.82) is 0 Å². The lowest BCUT2D eigenvalue weighted by molar-refractivity contribution is 0.594. The molecule has 0 bridgehead atoms. The van der Waals surface area contributed by atoms with Crippen LogP contribution in [0.15, 0.2) is 4.34 Å². The number of alkyl halides is 3. The smallest absolute Gasteiger partial charge is 0.217 e. The molecule has 1 aromatic rings. The van der Waals surface area contributed by atoms with Crippen LogP contribution in [-0.2, 0) is 9.84 Å². The minimum Gasteiger partial charge on any atom is -0.217 e. The molecule has 1 heterocycles. The molecule has 0 saturated carbocycles. The maximum Gasteiger partial charge on any atom is 0.299 e. The summed E-state index contributed by atoms with van der Waals surface area (Å²) in [6.45, 7) is 1.61. The number of hydrogen-bond donors (Lipinski definition) is 0. The Morgan fingerprint density at radius 1 is 1.31 bits per heavy atom. The fourth-order valence-electron chi connectivity index (χ4n) is 0.486. The van der Waals surface area contributed by atoms with E-state index in [0.29, 0.717) is 5.01 Å². The van der Waals surface area contributed by atoms with Gasteiger partial charge in [-0.2, -0.15) is 0 Å². The van der Waals surface area contributed by atoms with Crippen molar-refractivity contribution in [3.8, 4) is 0 Å². The third-order valence-electron chi connectivity index (χ3n) is 1.04. The Balaban J connectivity index is 3.24. The fourth-order valence-corrected chi connectivity index (χ4v) is 3.49. The molecule has 0 aromatic carbocycles. The van der Waals surface area contributed by atoms with Crippen LogP contribution in [0.5, 0.6) is 0 Å². The van der Waals surface area contributed by atoms with Crippen LogP contribution in [-0.4, -0.2) is 21.7 Å². The average Bonchev–Trinajstić information content (AvgIpc) is 2.33. The predicted molar refractivity (Wildman–Crippen MR) is 52.1 cm³/mol. The molecule has 1 rings (SSSR count). The van der Waals surface area contributed by atoms with Gasteiger partial charge in [0.15, 0.2) is 0 Å². The van der Waals surface area contributed by atoms with Crippen molar-refractivity contribution < 1.29 is 8.42 Å². The molecular formula is C4H3Cl3N2O2S2. The molecule has 0 spiro atoms. The van der Waals surface area contributed by atoms with Gasteiger partial charge in [-0.05, 0) is 6.92 Å². The summed E-state index contributed by atoms with van der Waals surface area (Å²) >= 11 is 16.6. The molecular weight excluding hydrogens is 279 g/mol. The third kappa shape index (κ3) is 2.24. The Morgan fingerprint density at radius 3 is 2.15 bits per heavy atom. The van der Waals surface area contributed by atoms with E-state index in [1.54, 1.807) is 6.92 Å². The Morgan fingerprint density at radius 2 is 1.85 bits per heavy atom. The largest absolute Gasteiger partial charge is 0.299 e. The Bertz CT molecular complexity index is 407. The number of sulfone groups is 1. The van der Waals surface area contributed by atoms with E-state index in [-0.39, 0.29) is 4.34 Å². The second-order valence-corrected chi connectivity index (χ2v) is 8.44. The molecule has 0 aliphatic carbocycles. The predicted octanol–water partition coefficient (Wildman–Crippen LogP) is 1.95. The SMILES string of the molecule is Cc1nnc(S(=O)(=O)C(Cl)(Cl)Cl)s1. The lowest BCUT2D eigenvalue weighted by Gasteiger charge is -2.07. The normalized spacial score (nSPS) is 13.2. The highest BCUT2D eigenvalue weighted by Gasteiger charge is 2.41. The summed E-state index contributed by atoms with van der Waals surface area (Å²) in [6, 6.07) is 0. The summed E-state index contributed by atoms with van der Waals surface area (Å²) in [5.41, 5.74) is 0. The van der Waals surface area contributed by atoms with E-state index in [1.807, 2.05) is 0 Å². The van der Waals surface area contributed by atoms with Crippen molar-refractivity contribution in [2.75, 3.05) is 0 Å². The zero-order chi connectivity index (χ0) is 10.3. The fraction of sp³-hybridized carbons (Fsp3) is 0.500. The zero-order valence-corrected chi connectivity index (χ0v) is 10.1. The molecule has 0 saturated heterocycles. The van der Waals surface area contributed by atoms with Crippen molar-refractivity contribution in [1.82, 2.24) is 10.2 Å². The maximum absolute atomic E-state index is 11.4. The van der Waals surface area contributed by atoms with Crippen molar-refractivity contribution >= 4 is 56.0 Å². The van der Waals surface area contributed by atoms with Gasteiger partial charge in [0, 0.05) is 0 Å². The lowest BCUT2D eigenvalue weighted by Crippen LogP contribution is -2.19. The summed E-state index contributed by atoms with van der Waals surface area (Å²) in [6.07, 6.45) is 0. The zero-order valence-electron chi connectivity index (χ0n) is 6.16. The molecule has 0 fully saturated rings. The van der Waals surface area contributed by atoms with E-state index in [0.717, 1.165) is 11.3 Å². The van der Waals surface area contributed by atoms with Crippen LogP contribution < -0.4 is 0 Å². The quantitative estimate of drug-likeness (QED) is 0.738. The molecule has 0 atom stereocenters. The van der Waals surface area contributed by atoms with Gasteiger partial charge in [-0.1, -0.05) is 46.1 Å². The van der Waals surface area contributed by atoms with Crippen molar-refractivity contribution in [3.05, 3.63) is 5.01 Å². The first-order valence-electron chi connectivity index (χ1n) is 2.86. The third-order valence-corrected chi connectivity index (χ3v) is 5.56. The van der Waals surface area contributed by atoms with Crippen LogP contribution in [0.1, 0.15) is 5.01 Å². The number of rotatable bonds is 1. The summed E-state index contributed by atoms with van der Waals surface area (Å²) in [5, 5.41) is 7.38. The standard InChI is InChI=1S/C4H3Cl3N2O2S2/c1-2-8-9-3(12-2)13(10,11)4(5,6)7/h1H3. The van der Waals surface area contributed by atoms with E-state index >= 15 is 0 Å². The highest BCUT2D eigenvalue weighted by Crippen LogP contribution is 2.38. The molecule has 0 unspecified atom stereocenters. The van der Waals surface area contributed by atoms with Gasteiger partial charge in [0.2, 0.25) is 4.34 Å². The molecule has 0 amide bonds. The van der Waals surface area contributed by atoms with Gasteiger partial charge in [-0.15, -0.1) is 10.2 Å². The monoisotopic (exact) mass is 280 g/mol. The van der Waals surface area contributed by atoms with Crippen LogP contribution in [0, 0.1) is 6.92 Å². The highest BCUT2D eigenvalue weighted by atomic mass is 35.6. The molecule has 1 aromatic heterocycles. The Hall–Kier alpha value is 0.380. The lowest BCUT2D eigenvalue weighted by atomic mass is 10.9. The first-order chi connectivity index (χ1) is 5.75. The molecule has 4 nitrogen and oxygen atoms in total. The second kappa shape index (κ2) is 3.51. The molecule has 0 aliphatic heterocycles. The van der Waals surface area contributed by atoms with E-state index in [2.05, 4.69) is 10.2 Å². The van der Waals surface area contributed by atoms with Crippen LogP contribution in [0.25, 0.3) is 0 Å². The summed E-state index contributed by atoms with van der Waals surface area (Å²) < 4.78 is 20.1. The number of aromatic nitrogens is 2. The molecule has 9 heteroatoms. The van der Waals surface area contributed by atoms with Gasteiger partial charge >= 0.3 is 0 Å². The second-order valence-electron chi connectivity index (χ2n) is 2.04. The molecule has 0 radical (unpaired) electrons. The molecule has 13 heavy (non-hydrogen) atoms. The van der Waals surface area contributed by atoms with E-state index in [4.69, 9.17) is 34.8 Å². The van der Waals surface area contributed by atoms with Gasteiger partial charge in [0.25, 0.3) is 13.0 Å². The highest BCUT2D eigenvalue weighted by molar-refractivity contribution is 7.98. The van der Waals surface area contributed by atoms with Gasteiger partial charge in [0.05, 0.1) is 0 Å². The first-order valence-corrected chi connectivity index (χ1v) is 6.30. The topological polar surface area (TPSA) is 59.9 Å².